The summed E-state index contributed by atoms with van der Waals surface area (Å²) in [6.07, 6.45) is 1.51. The Morgan fingerprint density at radius 1 is 1.50 bits per heavy atom. The molecule has 6 heteroatoms. The molecule has 0 fully saturated rings. The van der Waals surface area contributed by atoms with Crippen LogP contribution in [0.25, 0.3) is 0 Å². The highest BCUT2D eigenvalue weighted by Crippen LogP contribution is 2.49. The number of amides is 1. The molecule has 0 saturated heterocycles. The van der Waals surface area contributed by atoms with E-state index in [1.165, 1.54) is 13.4 Å². The lowest BCUT2D eigenvalue weighted by Crippen LogP contribution is -2.38. The van der Waals surface area contributed by atoms with E-state index >= 15 is 0 Å². The van der Waals surface area contributed by atoms with Gasteiger partial charge >= 0.3 is 5.97 Å². The molecule has 0 N–H and O–H groups in total. The van der Waals surface area contributed by atoms with Gasteiger partial charge in [0.05, 0.1) is 24.6 Å². The second-order valence-electron chi connectivity index (χ2n) is 4.78. The Balaban J connectivity index is 2.07. The van der Waals surface area contributed by atoms with Crippen LogP contribution in [0.15, 0.2) is 34.5 Å². The van der Waals surface area contributed by atoms with Crippen LogP contribution in [0.1, 0.15) is 12.0 Å². The van der Waals surface area contributed by atoms with Crippen LogP contribution in [-0.4, -0.2) is 26.0 Å². The third kappa shape index (κ3) is 1.61. The van der Waals surface area contributed by atoms with Crippen LogP contribution in [0.5, 0.6) is 0 Å². The van der Waals surface area contributed by atoms with Gasteiger partial charge in [0.1, 0.15) is 0 Å². The molecule has 2 aliphatic heterocycles. The predicted molar refractivity (Wildman–Crippen MR) is 75.0 cm³/mol. The second kappa shape index (κ2) is 4.34. The molecule has 2 heterocycles. The van der Waals surface area contributed by atoms with Crippen molar-refractivity contribution in [2.24, 2.45) is 0 Å². The number of halogens is 1. The number of carbonyl (C=O) groups is 2. The minimum atomic E-state index is -1.14. The van der Waals surface area contributed by atoms with Crippen molar-refractivity contribution < 1.29 is 19.1 Å². The van der Waals surface area contributed by atoms with Crippen LogP contribution in [-0.2, 0) is 24.7 Å². The Labute approximate surface area is 124 Å². The summed E-state index contributed by atoms with van der Waals surface area (Å²) in [6, 6.07) is 5.57. The minimum absolute atomic E-state index is 0.180. The van der Waals surface area contributed by atoms with Crippen LogP contribution >= 0.6 is 15.9 Å². The number of fused-ring (bicyclic) bond motifs is 2. The summed E-state index contributed by atoms with van der Waals surface area (Å²) < 4.78 is 11.2. The molecule has 20 heavy (non-hydrogen) atoms. The van der Waals surface area contributed by atoms with Crippen molar-refractivity contribution in [1.29, 1.82) is 0 Å². The number of rotatable bonds is 1. The maximum atomic E-state index is 12.6. The lowest BCUT2D eigenvalue weighted by molar-refractivity contribution is -0.136. The van der Waals surface area contributed by atoms with Gasteiger partial charge in [0, 0.05) is 23.5 Å². The van der Waals surface area contributed by atoms with Crippen molar-refractivity contribution >= 4 is 33.5 Å². The molecule has 1 amide bonds. The van der Waals surface area contributed by atoms with Crippen molar-refractivity contribution in [3.05, 3.63) is 40.1 Å². The molecular formula is C14H12BrNO4. The zero-order valence-electron chi connectivity index (χ0n) is 11.0. The maximum absolute atomic E-state index is 12.6. The normalized spacial score (nSPS) is 23.6. The lowest BCUT2D eigenvalue weighted by Gasteiger charge is -2.22. The van der Waals surface area contributed by atoms with Gasteiger partial charge in [-0.2, -0.15) is 0 Å². The monoisotopic (exact) mass is 337 g/mol. The van der Waals surface area contributed by atoms with Crippen LogP contribution in [0.3, 0.4) is 0 Å². The standard InChI is InChI=1S/C14H12BrNO4/c1-16-11-4-3-9(15)5-10(11)14(13(16)18)6-8(7-20-14)12(17)19-2/h3-5,7H,6H2,1-2H3. The smallest absolute Gasteiger partial charge is 0.337 e. The summed E-state index contributed by atoms with van der Waals surface area (Å²) >= 11 is 3.40. The second-order valence-corrected chi connectivity index (χ2v) is 5.70. The third-order valence-electron chi connectivity index (χ3n) is 3.69. The van der Waals surface area contributed by atoms with Gasteiger partial charge in [-0.1, -0.05) is 15.9 Å². The fraction of sp³-hybridized carbons (Fsp3) is 0.286. The van der Waals surface area contributed by atoms with Gasteiger partial charge in [0.15, 0.2) is 0 Å². The van der Waals surface area contributed by atoms with E-state index in [1.807, 2.05) is 18.2 Å². The zero-order valence-corrected chi connectivity index (χ0v) is 12.6. The van der Waals surface area contributed by atoms with E-state index < -0.39 is 11.6 Å². The molecule has 0 aliphatic carbocycles. The number of anilines is 1. The molecule has 1 aromatic carbocycles. The first kappa shape index (κ1) is 13.2. The summed E-state index contributed by atoms with van der Waals surface area (Å²) in [5.74, 6) is -0.651. The first-order valence-corrected chi connectivity index (χ1v) is 6.82. The Morgan fingerprint density at radius 3 is 2.95 bits per heavy atom. The van der Waals surface area contributed by atoms with Crippen molar-refractivity contribution in [1.82, 2.24) is 0 Å². The van der Waals surface area contributed by atoms with Crippen molar-refractivity contribution in [2.45, 2.75) is 12.0 Å². The minimum Gasteiger partial charge on any atom is -0.479 e. The molecule has 2 aliphatic rings. The quantitative estimate of drug-likeness (QED) is 0.736. The number of methoxy groups -OCH3 is 1. The van der Waals surface area contributed by atoms with Gasteiger partial charge in [-0.3, -0.25) is 4.79 Å². The number of hydrogen-bond donors (Lipinski definition) is 0. The topological polar surface area (TPSA) is 55.8 Å². The predicted octanol–water partition coefficient (Wildman–Crippen LogP) is 2.10. The number of carbonyl (C=O) groups excluding carboxylic acids is 2. The number of likely N-dealkylation sites (N-methyl/N-ethyl adjacent to an activating group) is 1. The van der Waals surface area contributed by atoms with Gasteiger partial charge in [-0.05, 0) is 18.2 Å². The van der Waals surface area contributed by atoms with Crippen LogP contribution < -0.4 is 4.90 Å². The van der Waals surface area contributed by atoms with E-state index in [1.54, 1.807) is 11.9 Å². The Morgan fingerprint density at radius 2 is 2.25 bits per heavy atom. The molecule has 0 radical (unpaired) electrons. The van der Waals surface area contributed by atoms with Gasteiger partial charge in [0.25, 0.3) is 5.91 Å². The molecule has 3 rings (SSSR count). The van der Waals surface area contributed by atoms with E-state index in [2.05, 4.69) is 20.7 Å². The van der Waals surface area contributed by atoms with Crippen LogP contribution in [0, 0.1) is 0 Å². The number of esters is 1. The summed E-state index contributed by atoms with van der Waals surface area (Å²) in [5, 5.41) is 0. The van der Waals surface area contributed by atoms with Gasteiger partial charge in [0.2, 0.25) is 5.60 Å². The average Bonchev–Trinajstić information content (AvgIpc) is 2.97. The fourth-order valence-corrected chi connectivity index (χ4v) is 3.04. The number of hydrogen-bond acceptors (Lipinski definition) is 4. The first-order valence-electron chi connectivity index (χ1n) is 6.03. The van der Waals surface area contributed by atoms with Gasteiger partial charge in [-0.15, -0.1) is 0 Å². The summed E-state index contributed by atoms with van der Waals surface area (Å²) in [4.78, 5) is 25.7. The largest absolute Gasteiger partial charge is 0.479 e. The van der Waals surface area contributed by atoms with Crippen LogP contribution in [0.4, 0.5) is 5.69 Å². The molecule has 1 atom stereocenters. The van der Waals surface area contributed by atoms with E-state index in [-0.39, 0.29) is 12.3 Å². The lowest BCUT2D eigenvalue weighted by atomic mass is 9.90. The number of benzene rings is 1. The molecule has 1 unspecified atom stereocenters. The van der Waals surface area contributed by atoms with E-state index in [0.717, 1.165) is 15.7 Å². The maximum Gasteiger partial charge on any atom is 0.337 e. The molecule has 1 aromatic rings. The van der Waals surface area contributed by atoms with Gasteiger partial charge < -0.3 is 14.4 Å². The molecule has 0 aromatic heterocycles. The molecular weight excluding hydrogens is 326 g/mol. The molecule has 0 saturated carbocycles. The molecule has 104 valence electrons. The first-order chi connectivity index (χ1) is 9.49. The Kier molecular flexibility index (Phi) is 2.86. The zero-order chi connectivity index (χ0) is 14.5. The molecule has 5 nitrogen and oxygen atoms in total. The number of ether oxygens (including phenoxy) is 2. The van der Waals surface area contributed by atoms with Crippen molar-refractivity contribution in [3.8, 4) is 0 Å². The highest BCUT2D eigenvalue weighted by atomic mass is 79.9. The SMILES string of the molecule is COC(=O)C1=COC2(C1)C(=O)N(C)c1ccc(Br)cc12. The van der Waals surface area contributed by atoms with Crippen molar-refractivity contribution in [3.63, 3.8) is 0 Å². The summed E-state index contributed by atoms with van der Waals surface area (Å²) in [6.45, 7) is 0. The average molecular weight is 338 g/mol. The summed E-state index contributed by atoms with van der Waals surface area (Å²) in [5.41, 5.74) is 0.770. The fourth-order valence-electron chi connectivity index (χ4n) is 2.68. The number of nitrogens with zero attached hydrogens (tertiary/aromatic N) is 1. The Hall–Kier alpha value is -1.82. The molecule has 1 spiro atoms. The van der Waals surface area contributed by atoms with E-state index in [0.29, 0.717) is 5.57 Å². The highest BCUT2D eigenvalue weighted by Gasteiger charge is 2.55. The van der Waals surface area contributed by atoms with Crippen molar-refractivity contribution in [2.75, 3.05) is 19.1 Å². The van der Waals surface area contributed by atoms with E-state index in [4.69, 9.17) is 4.74 Å². The van der Waals surface area contributed by atoms with Crippen LogP contribution in [0.2, 0.25) is 0 Å². The van der Waals surface area contributed by atoms with Gasteiger partial charge in [-0.25, -0.2) is 4.79 Å². The highest BCUT2D eigenvalue weighted by molar-refractivity contribution is 9.10. The van der Waals surface area contributed by atoms with E-state index in [9.17, 15) is 9.59 Å². The summed E-state index contributed by atoms with van der Waals surface area (Å²) in [7, 11) is 3.00. The third-order valence-corrected chi connectivity index (χ3v) is 4.19. The Bertz CT molecular complexity index is 655. The molecule has 0 bridgehead atoms.